The van der Waals surface area contributed by atoms with Crippen LogP contribution in [0.2, 0.25) is 0 Å². The van der Waals surface area contributed by atoms with E-state index in [1.807, 2.05) is 25.2 Å². The van der Waals surface area contributed by atoms with Crippen LogP contribution in [0.1, 0.15) is 40.5 Å². The Labute approximate surface area is 141 Å². The van der Waals surface area contributed by atoms with Crippen LogP contribution in [0.15, 0.2) is 24.5 Å². The van der Waals surface area contributed by atoms with Crippen LogP contribution in [0.5, 0.6) is 5.88 Å². The zero-order valence-corrected chi connectivity index (χ0v) is 14.1. The summed E-state index contributed by atoms with van der Waals surface area (Å²) < 4.78 is 5.17. The lowest BCUT2D eigenvalue weighted by molar-refractivity contribution is 0.0928. The molecule has 1 aliphatic rings. The van der Waals surface area contributed by atoms with Crippen molar-refractivity contribution < 1.29 is 9.53 Å². The number of hydrogen-bond acceptors (Lipinski definition) is 6. The number of aryl methyl sites for hydroxylation is 1. The number of methoxy groups -OCH3 is 1. The van der Waals surface area contributed by atoms with E-state index in [1.54, 1.807) is 18.3 Å². The molecule has 0 aliphatic heterocycles. The van der Waals surface area contributed by atoms with Crippen molar-refractivity contribution in [3.05, 3.63) is 41.3 Å². The molecule has 0 saturated carbocycles. The zero-order valence-electron chi connectivity index (χ0n) is 14.1. The fourth-order valence-electron chi connectivity index (χ4n) is 2.86. The van der Waals surface area contributed by atoms with Crippen molar-refractivity contribution in [1.29, 1.82) is 0 Å². The minimum Gasteiger partial charge on any atom is -0.480 e. The Morgan fingerprint density at radius 1 is 1.38 bits per heavy atom. The number of anilines is 1. The molecule has 24 heavy (non-hydrogen) atoms. The molecule has 7 heteroatoms. The van der Waals surface area contributed by atoms with Crippen molar-refractivity contribution in [3.63, 3.8) is 0 Å². The van der Waals surface area contributed by atoms with E-state index in [4.69, 9.17) is 4.74 Å². The third-order valence-electron chi connectivity index (χ3n) is 4.08. The predicted molar refractivity (Wildman–Crippen MR) is 90.3 cm³/mol. The van der Waals surface area contributed by atoms with Gasteiger partial charge in [-0.3, -0.25) is 4.79 Å². The van der Waals surface area contributed by atoms with Gasteiger partial charge in [0.25, 0.3) is 5.91 Å². The van der Waals surface area contributed by atoms with Crippen molar-refractivity contribution in [2.75, 3.05) is 26.1 Å². The van der Waals surface area contributed by atoms with Gasteiger partial charge in [-0.05, 0) is 31.4 Å². The second-order valence-electron chi connectivity index (χ2n) is 5.94. The Balaban J connectivity index is 1.83. The molecule has 1 amide bonds. The van der Waals surface area contributed by atoms with E-state index in [-0.39, 0.29) is 11.9 Å². The smallest absolute Gasteiger partial charge is 0.257 e. The molecule has 1 aliphatic carbocycles. The molecule has 1 unspecified atom stereocenters. The van der Waals surface area contributed by atoms with Gasteiger partial charge in [-0.25, -0.2) is 15.0 Å². The van der Waals surface area contributed by atoms with Crippen molar-refractivity contribution in [1.82, 2.24) is 20.3 Å². The van der Waals surface area contributed by atoms with E-state index in [2.05, 4.69) is 20.3 Å². The average Bonchev–Trinajstić information content (AvgIpc) is 2.61. The standard InChI is InChI=1S/C17H21N5O2/c1-22(2)17-19-10-12-13(7-4-8-14(12)21-17)20-15(23)11-6-5-9-18-16(11)24-3/h5-6,9-10,13H,4,7-8H2,1-3H3,(H,20,23). The number of ether oxygens (including phenoxy) is 1. The lowest BCUT2D eigenvalue weighted by Crippen LogP contribution is -2.32. The number of nitrogens with one attached hydrogen (secondary N) is 1. The van der Waals surface area contributed by atoms with E-state index >= 15 is 0 Å². The van der Waals surface area contributed by atoms with Crippen molar-refractivity contribution in [3.8, 4) is 5.88 Å². The molecular weight excluding hydrogens is 306 g/mol. The topological polar surface area (TPSA) is 80.2 Å². The third kappa shape index (κ3) is 3.15. The monoisotopic (exact) mass is 327 g/mol. The zero-order chi connectivity index (χ0) is 17.1. The minimum absolute atomic E-state index is 0.0950. The fourth-order valence-corrected chi connectivity index (χ4v) is 2.86. The first-order valence-electron chi connectivity index (χ1n) is 7.93. The summed E-state index contributed by atoms with van der Waals surface area (Å²) in [6, 6.07) is 3.33. The summed E-state index contributed by atoms with van der Waals surface area (Å²) in [5.41, 5.74) is 2.42. The maximum absolute atomic E-state index is 12.6. The number of pyridine rings is 1. The van der Waals surface area contributed by atoms with Gasteiger partial charge in [0.05, 0.1) is 18.8 Å². The molecule has 3 rings (SSSR count). The number of hydrogen-bond donors (Lipinski definition) is 1. The molecule has 0 bridgehead atoms. The molecule has 7 nitrogen and oxygen atoms in total. The maximum atomic E-state index is 12.6. The molecule has 2 aromatic heterocycles. The number of rotatable bonds is 4. The summed E-state index contributed by atoms with van der Waals surface area (Å²) >= 11 is 0. The predicted octanol–water partition coefficient (Wildman–Crippen LogP) is 1.75. The highest BCUT2D eigenvalue weighted by Gasteiger charge is 2.25. The Bertz CT molecular complexity index is 748. The van der Waals surface area contributed by atoms with E-state index in [0.29, 0.717) is 17.4 Å². The van der Waals surface area contributed by atoms with Crippen LogP contribution in [-0.2, 0) is 6.42 Å². The van der Waals surface area contributed by atoms with Crippen molar-refractivity contribution in [2.24, 2.45) is 0 Å². The number of aromatic nitrogens is 3. The van der Waals surface area contributed by atoms with Crippen molar-refractivity contribution in [2.45, 2.75) is 25.3 Å². The van der Waals surface area contributed by atoms with Gasteiger partial charge in [0.1, 0.15) is 5.56 Å². The second kappa shape index (κ2) is 6.82. The first kappa shape index (κ1) is 16.2. The highest BCUT2D eigenvalue weighted by Crippen LogP contribution is 2.29. The Morgan fingerprint density at radius 3 is 2.96 bits per heavy atom. The Kier molecular flexibility index (Phi) is 4.59. The number of nitrogens with zero attached hydrogens (tertiary/aromatic N) is 4. The van der Waals surface area contributed by atoms with E-state index in [9.17, 15) is 4.79 Å². The normalized spacial score (nSPS) is 16.2. The summed E-state index contributed by atoms with van der Waals surface area (Å²) in [6.07, 6.45) is 6.17. The van der Waals surface area contributed by atoms with Crippen LogP contribution in [-0.4, -0.2) is 42.1 Å². The summed E-state index contributed by atoms with van der Waals surface area (Å²) in [5.74, 6) is 0.814. The quantitative estimate of drug-likeness (QED) is 0.921. The molecule has 1 atom stereocenters. The third-order valence-corrected chi connectivity index (χ3v) is 4.08. The summed E-state index contributed by atoms with van der Waals surface area (Å²) in [4.78, 5) is 27.5. The van der Waals surface area contributed by atoms with Gasteiger partial charge in [0.15, 0.2) is 0 Å². The molecule has 2 heterocycles. The highest BCUT2D eigenvalue weighted by molar-refractivity contribution is 5.96. The molecule has 0 spiro atoms. The van der Waals surface area contributed by atoms with Crippen LogP contribution in [0.25, 0.3) is 0 Å². The Morgan fingerprint density at radius 2 is 2.21 bits per heavy atom. The summed E-state index contributed by atoms with van der Waals surface area (Å²) in [6.45, 7) is 0. The van der Waals surface area contributed by atoms with E-state index < -0.39 is 0 Å². The molecule has 1 N–H and O–H groups in total. The first-order chi connectivity index (χ1) is 11.6. The largest absolute Gasteiger partial charge is 0.480 e. The van der Waals surface area contributed by atoms with Crippen LogP contribution in [0, 0.1) is 0 Å². The molecule has 0 aromatic carbocycles. The molecule has 0 radical (unpaired) electrons. The van der Waals surface area contributed by atoms with Gasteiger partial charge in [0.2, 0.25) is 11.8 Å². The lowest BCUT2D eigenvalue weighted by Gasteiger charge is -2.26. The highest BCUT2D eigenvalue weighted by atomic mass is 16.5. The van der Waals surface area contributed by atoms with Gasteiger partial charge in [-0.15, -0.1) is 0 Å². The van der Waals surface area contributed by atoms with Crippen LogP contribution < -0.4 is 15.0 Å². The van der Waals surface area contributed by atoms with Gasteiger partial charge >= 0.3 is 0 Å². The second-order valence-corrected chi connectivity index (χ2v) is 5.94. The minimum atomic E-state index is -0.200. The van der Waals surface area contributed by atoms with Crippen LogP contribution >= 0.6 is 0 Å². The van der Waals surface area contributed by atoms with Gasteiger partial charge in [-0.2, -0.15) is 0 Å². The lowest BCUT2D eigenvalue weighted by atomic mass is 9.92. The number of carbonyl (C=O) groups is 1. The SMILES string of the molecule is COc1ncccc1C(=O)NC1CCCc2nc(N(C)C)ncc21. The first-order valence-corrected chi connectivity index (χ1v) is 7.93. The number of carbonyl (C=O) groups excluding carboxylic acids is 1. The van der Waals surface area contributed by atoms with E-state index in [1.165, 1.54) is 7.11 Å². The molecule has 0 saturated heterocycles. The number of amides is 1. The van der Waals surface area contributed by atoms with Crippen molar-refractivity contribution >= 4 is 11.9 Å². The average molecular weight is 327 g/mol. The van der Waals surface area contributed by atoms with E-state index in [0.717, 1.165) is 30.5 Å². The Hall–Kier alpha value is -2.70. The summed E-state index contributed by atoms with van der Waals surface area (Å²) in [5, 5.41) is 3.06. The van der Waals surface area contributed by atoms with Crippen LogP contribution in [0.3, 0.4) is 0 Å². The molecule has 2 aromatic rings. The maximum Gasteiger partial charge on any atom is 0.257 e. The van der Waals surface area contributed by atoms with Gasteiger partial charge in [-0.1, -0.05) is 0 Å². The van der Waals surface area contributed by atoms with Gasteiger partial charge in [0, 0.05) is 32.1 Å². The van der Waals surface area contributed by atoms with Crippen LogP contribution in [0.4, 0.5) is 5.95 Å². The number of fused-ring (bicyclic) bond motifs is 1. The van der Waals surface area contributed by atoms with Gasteiger partial charge < -0.3 is 15.0 Å². The molecule has 126 valence electrons. The summed E-state index contributed by atoms with van der Waals surface area (Å²) in [7, 11) is 5.34. The molecule has 0 fully saturated rings. The fraction of sp³-hybridized carbons (Fsp3) is 0.412. The molecular formula is C17H21N5O2.